The van der Waals surface area contributed by atoms with E-state index in [9.17, 15) is 9.59 Å². The lowest BCUT2D eigenvalue weighted by molar-refractivity contribution is 0.0288. The predicted octanol–water partition coefficient (Wildman–Crippen LogP) is 3.02. The molecule has 5 nitrogen and oxygen atoms in total. The summed E-state index contributed by atoms with van der Waals surface area (Å²) in [5.74, 6) is 0.409. The molecule has 1 heterocycles. The van der Waals surface area contributed by atoms with Gasteiger partial charge in [-0.1, -0.05) is 0 Å². The lowest BCUT2D eigenvalue weighted by Crippen LogP contribution is -2.24. The molecule has 0 aliphatic heterocycles. The van der Waals surface area contributed by atoms with Gasteiger partial charge in [-0.15, -0.1) is 0 Å². The third kappa shape index (κ3) is 3.51. The monoisotopic (exact) mass is 288 g/mol. The minimum absolute atomic E-state index is 0.0851. The largest absolute Gasteiger partial charge is 0.497 e. The van der Waals surface area contributed by atoms with Crippen LogP contribution >= 0.6 is 0 Å². The van der Waals surface area contributed by atoms with E-state index in [1.54, 1.807) is 44.4 Å². The van der Waals surface area contributed by atoms with E-state index >= 15 is 0 Å². The quantitative estimate of drug-likeness (QED) is 0.625. The third-order valence-corrected chi connectivity index (χ3v) is 2.97. The second kappa shape index (κ2) is 6.26. The van der Waals surface area contributed by atoms with Gasteiger partial charge in [-0.25, -0.2) is 4.79 Å². The molecule has 0 saturated carbocycles. The molecule has 21 heavy (non-hydrogen) atoms. The van der Waals surface area contributed by atoms with Crippen LogP contribution in [0.15, 0.2) is 40.8 Å². The van der Waals surface area contributed by atoms with Crippen LogP contribution in [0.3, 0.4) is 0 Å². The van der Waals surface area contributed by atoms with Gasteiger partial charge in [0.25, 0.3) is 0 Å². The highest BCUT2D eigenvalue weighted by Gasteiger charge is 2.22. The van der Waals surface area contributed by atoms with Crippen molar-refractivity contribution in [3.8, 4) is 5.75 Å². The van der Waals surface area contributed by atoms with Gasteiger partial charge in [-0.3, -0.25) is 4.79 Å². The lowest BCUT2D eigenvalue weighted by atomic mass is 10.1. The van der Waals surface area contributed by atoms with Crippen molar-refractivity contribution in [2.45, 2.75) is 20.0 Å². The number of aryl methyl sites for hydroxylation is 1. The molecule has 1 aromatic carbocycles. The van der Waals surface area contributed by atoms with Gasteiger partial charge >= 0.3 is 5.97 Å². The van der Waals surface area contributed by atoms with Crippen molar-refractivity contribution in [2.24, 2.45) is 0 Å². The Morgan fingerprint density at radius 3 is 2.29 bits per heavy atom. The van der Waals surface area contributed by atoms with Crippen LogP contribution in [0.25, 0.3) is 0 Å². The summed E-state index contributed by atoms with van der Waals surface area (Å²) in [4.78, 5) is 24.0. The second-order valence-electron chi connectivity index (χ2n) is 4.55. The van der Waals surface area contributed by atoms with E-state index in [2.05, 4.69) is 0 Å². The third-order valence-electron chi connectivity index (χ3n) is 2.97. The molecule has 0 N–H and O–H groups in total. The number of Topliss-reactive ketones (excluding diaryl/α,β-unsaturated/α-hetero) is 1. The van der Waals surface area contributed by atoms with Crippen LogP contribution in [0.5, 0.6) is 5.75 Å². The summed E-state index contributed by atoms with van der Waals surface area (Å²) in [6.07, 6.45) is -0.892. The van der Waals surface area contributed by atoms with Crippen LogP contribution in [0, 0.1) is 6.92 Å². The molecule has 2 aromatic rings. The normalized spacial score (nSPS) is 11.8. The summed E-state index contributed by atoms with van der Waals surface area (Å²) in [7, 11) is 1.55. The molecule has 0 saturated heterocycles. The molecular formula is C16H16O5. The first-order valence-corrected chi connectivity index (χ1v) is 6.47. The maximum absolute atomic E-state index is 12.2. The van der Waals surface area contributed by atoms with Crippen LogP contribution < -0.4 is 4.74 Å². The molecule has 0 bridgehead atoms. The molecule has 1 unspecified atom stereocenters. The number of hydrogen-bond donors (Lipinski definition) is 0. The van der Waals surface area contributed by atoms with Crippen molar-refractivity contribution in [2.75, 3.05) is 7.11 Å². The molecular weight excluding hydrogens is 272 g/mol. The minimum atomic E-state index is -0.892. The van der Waals surface area contributed by atoms with Gasteiger partial charge in [0.15, 0.2) is 6.10 Å². The number of ketones is 1. The zero-order valence-electron chi connectivity index (χ0n) is 12.1. The highest BCUT2D eigenvalue weighted by atomic mass is 16.6. The minimum Gasteiger partial charge on any atom is -0.497 e. The molecule has 0 radical (unpaired) electrons. The fourth-order valence-corrected chi connectivity index (χ4v) is 1.81. The highest BCUT2D eigenvalue weighted by molar-refractivity contribution is 6.01. The summed E-state index contributed by atoms with van der Waals surface area (Å²) in [5, 5.41) is 0. The first-order chi connectivity index (χ1) is 10.0. The fraction of sp³-hybridized carbons (Fsp3) is 0.250. The Hall–Kier alpha value is -2.56. The number of methoxy groups -OCH3 is 1. The maximum Gasteiger partial charge on any atom is 0.374 e. The van der Waals surface area contributed by atoms with E-state index in [1.165, 1.54) is 13.0 Å². The van der Waals surface area contributed by atoms with E-state index in [-0.39, 0.29) is 11.5 Å². The molecule has 0 aliphatic rings. The molecule has 110 valence electrons. The number of carbonyl (C=O) groups excluding carboxylic acids is 2. The average molecular weight is 288 g/mol. The number of benzene rings is 1. The van der Waals surface area contributed by atoms with E-state index in [0.29, 0.717) is 17.1 Å². The maximum atomic E-state index is 12.2. The van der Waals surface area contributed by atoms with Gasteiger partial charge in [0, 0.05) is 5.56 Å². The van der Waals surface area contributed by atoms with Crippen molar-refractivity contribution in [3.05, 3.63) is 53.5 Å². The summed E-state index contributed by atoms with van der Waals surface area (Å²) < 4.78 is 15.3. The number of carbonyl (C=O) groups is 2. The molecule has 0 fully saturated rings. The van der Waals surface area contributed by atoms with Crippen molar-refractivity contribution in [3.63, 3.8) is 0 Å². The summed E-state index contributed by atoms with van der Waals surface area (Å²) in [6, 6.07) is 9.79. The van der Waals surface area contributed by atoms with E-state index in [0.717, 1.165) is 0 Å². The molecule has 5 heteroatoms. The standard InChI is InChI=1S/C16H16O5/c1-10-4-9-14(20-10)16(18)21-11(2)15(17)12-5-7-13(19-3)8-6-12/h4-9,11H,1-3H3. The van der Waals surface area contributed by atoms with E-state index in [4.69, 9.17) is 13.9 Å². The van der Waals surface area contributed by atoms with Crippen molar-refractivity contribution < 1.29 is 23.5 Å². The topological polar surface area (TPSA) is 65.7 Å². The van der Waals surface area contributed by atoms with Crippen LogP contribution in [-0.2, 0) is 4.74 Å². The Bertz CT molecular complexity index is 639. The Kier molecular flexibility index (Phi) is 4.42. The van der Waals surface area contributed by atoms with E-state index < -0.39 is 12.1 Å². The number of ether oxygens (including phenoxy) is 2. The zero-order chi connectivity index (χ0) is 15.4. The second-order valence-corrected chi connectivity index (χ2v) is 4.55. The molecule has 0 amide bonds. The van der Waals surface area contributed by atoms with E-state index in [1.807, 2.05) is 0 Å². The van der Waals surface area contributed by atoms with Crippen LogP contribution in [0.2, 0.25) is 0 Å². The molecule has 1 aromatic heterocycles. The lowest BCUT2D eigenvalue weighted by Gasteiger charge is -2.11. The van der Waals surface area contributed by atoms with Gasteiger partial charge in [0.2, 0.25) is 11.5 Å². The van der Waals surface area contributed by atoms with Gasteiger partial charge in [0.05, 0.1) is 7.11 Å². The van der Waals surface area contributed by atoms with Crippen molar-refractivity contribution in [1.29, 1.82) is 0 Å². The molecule has 1 atom stereocenters. The van der Waals surface area contributed by atoms with Crippen LogP contribution in [0.4, 0.5) is 0 Å². The van der Waals surface area contributed by atoms with Crippen LogP contribution in [-0.4, -0.2) is 25.0 Å². The Balaban J connectivity index is 2.03. The highest BCUT2D eigenvalue weighted by Crippen LogP contribution is 2.15. The van der Waals surface area contributed by atoms with Crippen molar-refractivity contribution in [1.82, 2.24) is 0 Å². The van der Waals surface area contributed by atoms with Gasteiger partial charge in [0.1, 0.15) is 11.5 Å². The first-order valence-electron chi connectivity index (χ1n) is 6.47. The summed E-state index contributed by atoms with van der Waals surface area (Å²) >= 11 is 0. The number of esters is 1. The Labute approximate surface area is 122 Å². The summed E-state index contributed by atoms with van der Waals surface area (Å²) in [5.41, 5.74) is 0.451. The van der Waals surface area contributed by atoms with Gasteiger partial charge in [-0.2, -0.15) is 0 Å². The number of hydrogen-bond acceptors (Lipinski definition) is 5. The smallest absolute Gasteiger partial charge is 0.374 e. The van der Waals surface area contributed by atoms with Crippen LogP contribution in [0.1, 0.15) is 33.6 Å². The first kappa shape index (κ1) is 14.8. The number of rotatable bonds is 5. The predicted molar refractivity (Wildman–Crippen MR) is 75.6 cm³/mol. The Morgan fingerprint density at radius 2 is 1.76 bits per heavy atom. The molecule has 2 rings (SSSR count). The SMILES string of the molecule is COc1ccc(C(=O)C(C)OC(=O)c2ccc(C)o2)cc1. The van der Waals surface area contributed by atoms with Gasteiger partial charge < -0.3 is 13.9 Å². The van der Waals surface area contributed by atoms with Crippen molar-refractivity contribution >= 4 is 11.8 Å². The summed E-state index contributed by atoms with van der Waals surface area (Å²) in [6.45, 7) is 3.25. The van der Waals surface area contributed by atoms with Gasteiger partial charge in [-0.05, 0) is 50.2 Å². The molecule has 0 spiro atoms. The Morgan fingerprint density at radius 1 is 1.10 bits per heavy atom. The molecule has 0 aliphatic carbocycles. The fourth-order valence-electron chi connectivity index (χ4n) is 1.81. The average Bonchev–Trinajstić information content (AvgIpc) is 2.93. The zero-order valence-corrected chi connectivity index (χ0v) is 12.1. The number of furan rings is 1.